The topological polar surface area (TPSA) is 82.1 Å². The number of ether oxygens (including phenoxy) is 1. The van der Waals surface area contributed by atoms with E-state index in [-0.39, 0.29) is 18.6 Å². The molecule has 7 nitrogen and oxygen atoms in total. The molecule has 2 amide bonds. The molecule has 0 bridgehead atoms. The minimum atomic E-state index is -0.610. The highest BCUT2D eigenvalue weighted by atomic mass is 19.1. The van der Waals surface area contributed by atoms with Gasteiger partial charge in [0.25, 0.3) is 5.91 Å². The van der Waals surface area contributed by atoms with Gasteiger partial charge in [-0.15, -0.1) is 0 Å². The van der Waals surface area contributed by atoms with Gasteiger partial charge in [0.15, 0.2) is 0 Å². The van der Waals surface area contributed by atoms with E-state index in [9.17, 15) is 19.1 Å². The Kier molecular flexibility index (Phi) is 7.20. The molecular formula is C23H32FN3O4. The van der Waals surface area contributed by atoms with E-state index in [1.165, 1.54) is 0 Å². The van der Waals surface area contributed by atoms with Crippen LogP contribution in [0.1, 0.15) is 49.5 Å². The fraction of sp³-hybridized carbons (Fsp3) is 0.565. The van der Waals surface area contributed by atoms with Crippen LogP contribution in [0.5, 0.6) is 0 Å². The number of carbonyl (C=O) groups excluding carboxylic acids is 2. The van der Waals surface area contributed by atoms with Crippen molar-refractivity contribution in [2.24, 2.45) is 0 Å². The van der Waals surface area contributed by atoms with Crippen molar-refractivity contribution in [1.29, 1.82) is 0 Å². The lowest BCUT2D eigenvalue weighted by atomic mass is 10.0. The Balaban J connectivity index is 1.59. The summed E-state index contributed by atoms with van der Waals surface area (Å²) in [6.45, 7) is 7.57. The Bertz CT molecular complexity index is 842. The van der Waals surface area contributed by atoms with E-state index in [0.717, 1.165) is 17.7 Å². The normalized spacial score (nSPS) is 17.5. The molecule has 2 heterocycles. The average molecular weight is 434 g/mol. The Morgan fingerprint density at radius 2 is 1.97 bits per heavy atom. The molecule has 170 valence electrons. The summed E-state index contributed by atoms with van der Waals surface area (Å²) in [5.41, 5.74) is 2.50. The predicted molar refractivity (Wildman–Crippen MR) is 117 cm³/mol. The third-order valence-electron chi connectivity index (χ3n) is 5.48. The van der Waals surface area contributed by atoms with E-state index < -0.39 is 11.7 Å². The number of hydrogen-bond acceptors (Lipinski definition) is 5. The summed E-state index contributed by atoms with van der Waals surface area (Å²) < 4.78 is 18.6. The quantitative estimate of drug-likeness (QED) is 0.746. The molecule has 2 N–H and O–H groups in total. The zero-order chi connectivity index (χ0) is 22.6. The van der Waals surface area contributed by atoms with E-state index in [4.69, 9.17) is 4.74 Å². The van der Waals surface area contributed by atoms with Gasteiger partial charge in [0.1, 0.15) is 5.60 Å². The number of aliphatic hydroxyl groups is 1. The van der Waals surface area contributed by atoms with Gasteiger partial charge in [-0.25, -0.2) is 9.18 Å². The molecule has 1 aromatic carbocycles. The number of alkyl carbamates (subject to hydrolysis) is 1. The van der Waals surface area contributed by atoms with Crippen LogP contribution in [0.4, 0.5) is 14.9 Å². The molecule has 0 radical (unpaired) electrons. The number of anilines is 1. The van der Waals surface area contributed by atoms with Gasteiger partial charge in [-0.05, 0) is 69.4 Å². The van der Waals surface area contributed by atoms with E-state index >= 15 is 0 Å². The highest BCUT2D eigenvalue weighted by Gasteiger charge is 2.25. The molecular weight excluding hydrogens is 401 g/mol. The smallest absolute Gasteiger partial charge is 0.407 e. The first-order valence-corrected chi connectivity index (χ1v) is 10.8. The highest BCUT2D eigenvalue weighted by Crippen LogP contribution is 2.30. The van der Waals surface area contributed by atoms with Crippen LogP contribution in [0.15, 0.2) is 30.1 Å². The summed E-state index contributed by atoms with van der Waals surface area (Å²) in [5.74, 6) is -0.0148. The van der Waals surface area contributed by atoms with Crippen LogP contribution in [0.25, 0.3) is 0 Å². The summed E-state index contributed by atoms with van der Waals surface area (Å²) >= 11 is 0. The lowest BCUT2D eigenvalue weighted by Gasteiger charge is -2.29. The number of fused-ring (bicyclic) bond motifs is 1. The SMILES string of the molecule is CC(C)(C)OC(=O)NCC(=CF)CN1CCc2cc(C(=O)N3CCC(O)CC3)ccc21. The first-order chi connectivity index (χ1) is 14.7. The summed E-state index contributed by atoms with van der Waals surface area (Å²) in [4.78, 5) is 28.4. The molecule has 0 saturated carbocycles. The third-order valence-corrected chi connectivity index (χ3v) is 5.48. The molecule has 0 atom stereocenters. The van der Waals surface area contributed by atoms with Crippen molar-refractivity contribution >= 4 is 17.7 Å². The van der Waals surface area contributed by atoms with Gasteiger partial charge in [-0.1, -0.05) is 0 Å². The first kappa shape index (κ1) is 23.1. The van der Waals surface area contributed by atoms with Crippen molar-refractivity contribution in [3.05, 3.63) is 41.2 Å². The maximum absolute atomic E-state index is 13.4. The fourth-order valence-corrected chi connectivity index (χ4v) is 3.89. The van der Waals surface area contributed by atoms with Gasteiger partial charge in [0, 0.05) is 44.0 Å². The molecule has 1 fully saturated rings. The molecule has 0 unspecified atom stereocenters. The van der Waals surface area contributed by atoms with Gasteiger partial charge in [-0.2, -0.15) is 0 Å². The Labute approximate surface area is 182 Å². The summed E-state index contributed by atoms with van der Waals surface area (Å²) in [7, 11) is 0. The van der Waals surface area contributed by atoms with Crippen molar-refractivity contribution in [2.45, 2.75) is 51.7 Å². The van der Waals surface area contributed by atoms with Crippen LogP contribution in [-0.2, 0) is 11.2 Å². The highest BCUT2D eigenvalue weighted by molar-refractivity contribution is 5.95. The van der Waals surface area contributed by atoms with Gasteiger partial charge < -0.3 is 25.0 Å². The number of halogens is 1. The van der Waals surface area contributed by atoms with Crippen molar-refractivity contribution < 1.29 is 23.8 Å². The van der Waals surface area contributed by atoms with Crippen molar-refractivity contribution in [3.63, 3.8) is 0 Å². The molecule has 1 saturated heterocycles. The van der Waals surface area contributed by atoms with E-state index in [1.807, 2.05) is 23.1 Å². The minimum Gasteiger partial charge on any atom is -0.444 e. The number of benzene rings is 1. The number of amides is 2. The molecule has 2 aliphatic heterocycles. The largest absolute Gasteiger partial charge is 0.444 e. The number of carbonyl (C=O) groups is 2. The number of nitrogens with zero attached hydrogens (tertiary/aromatic N) is 2. The number of rotatable bonds is 5. The van der Waals surface area contributed by atoms with E-state index in [0.29, 0.717) is 56.5 Å². The Hall–Kier alpha value is -2.61. The molecule has 8 heteroatoms. The van der Waals surface area contributed by atoms with Crippen LogP contribution in [-0.4, -0.2) is 66.4 Å². The maximum atomic E-state index is 13.4. The fourth-order valence-electron chi connectivity index (χ4n) is 3.89. The van der Waals surface area contributed by atoms with Crippen LogP contribution >= 0.6 is 0 Å². The number of aliphatic hydroxyl groups excluding tert-OH is 1. The lowest BCUT2D eigenvalue weighted by Crippen LogP contribution is -2.40. The lowest BCUT2D eigenvalue weighted by molar-refractivity contribution is 0.0527. The van der Waals surface area contributed by atoms with Crippen molar-refractivity contribution in [3.8, 4) is 0 Å². The van der Waals surface area contributed by atoms with Crippen LogP contribution in [0, 0.1) is 0 Å². The molecule has 1 aromatic rings. The molecule has 0 spiro atoms. The third kappa shape index (κ3) is 6.19. The number of piperidine rings is 1. The summed E-state index contributed by atoms with van der Waals surface area (Å²) in [6.07, 6.45) is 1.62. The van der Waals surface area contributed by atoms with Crippen LogP contribution in [0.3, 0.4) is 0 Å². The van der Waals surface area contributed by atoms with Gasteiger partial charge in [0.05, 0.1) is 12.4 Å². The standard InChI is InChI=1S/C23H32FN3O4/c1-23(2,3)31-22(30)25-14-16(13-24)15-27-9-6-17-12-18(4-5-20(17)27)21(29)26-10-7-19(28)8-11-26/h4-5,12-13,19,28H,6-11,14-15H2,1-3H3,(H,25,30). The monoisotopic (exact) mass is 433 g/mol. The van der Waals surface area contributed by atoms with E-state index in [2.05, 4.69) is 5.32 Å². The summed E-state index contributed by atoms with van der Waals surface area (Å²) in [6, 6.07) is 5.63. The van der Waals surface area contributed by atoms with Gasteiger partial charge in [0.2, 0.25) is 0 Å². The second kappa shape index (κ2) is 9.68. The molecule has 2 aliphatic rings. The number of nitrogens with one attached hydrogen (secondary N) is 1. The molecule has 3 rings (SSSR count). The second-order valence-corrected chi connectivity index (χ2v) is 9.16. The first-order valence-electron chi connectivity index (χ1n) is 10.8. The summed E-state index contributed by atoms with van der Waals surface area (Å²) in [5, 5.41) is 12.2. The Morgan fingerprint density at radius 3 is 2.61 bits per heavy atom. The van der Waals surface area contributed by atoms with Crippen LogP contribution < -0.4 is 10.2 Å². The van der Waals surface area contributed by atoms with Crippen molar-refractivity contribution in [2.75, 3.05) is 37.6 Å². The van der Waals surface area contributed by atoms with Crippen LogP contribution in [0.2, 0.25) is 0 Å². The predicted octanol–water partition coefficient (Wildman–Crippen LogP) is 3.02. The molecule has 0 aromatic heterocycles. The number of hydrogen-bond donors (Lipinski definition) is 2. The second-order valence-electron chi connectivity index (χ2n) is 9.16. The number of likely N-dealkylation sites (tertiary alicyclic amines) is 1. The maximum Gasteiger partial charge on any atom is 0.407 e. The van der Waals surface area contributed by atoms with E-state index in [1.54, 1.807) is 25.7 Å². The molecule has 31 heavy (non-hydrogen) atoms. The zero-order valence-electron chi connectivity index (χ0n) is 18.5. The van der Waals surface area contributed by atoms with Crippen molar-refractivity contribution in [1.82, 2.24) is 10.2 Å². The van der Waals surface area contributed by atoms with Gasteiger partial charge in [-0.3, -0.25) is 4.79 Å². The minimum absolute atomic E-state index is 0.0148. The van der Waals surface area contributed by atoms with Gasteiger partial charge >= 0.3 is 6.09 Å². The zero-order valence-corrected chi connectivity index (χ0v) is 18.5. The Morgan fingerprint density at radius 1 is 1.26 bits per heavy atom. The average Bonchev–Trinajstić information content (AvgIpc) is 3.11. The molecule has 0 aliphatic carbocycles.